The van der Waals surface area contributed by atoms with Crippen molar-refractivity contribution < 1.29 is 14.7 Å². The minimum atomic E-state index is -1.01. The van der Waals surface area contributed by atoms with Crippen molar-refractivity contribution in [2.75, 3.05) is 0 Å². The number of aromatic carboxylic acids is 1. The summed E-state index contributed by atoms with van der Waals surface area (Å²) in [6.07, 6.45) is 0. The second-order valence-corrected chi connectivity index (χ2v) is 6.69. The molecule has 0 aliphatic heterocycles. The van der Waals surface area contributed by atoms with E-state index in [1.165, 1.54) is 17.7 Å². The lowest BCUT2D eigenvalue weighted by Crippen LogP contribution is -2.14. The standard InChI is InChI=1S/C20H22N2O3/c1-13(15-6-5-7-16(12-15)19(23)24)22-18(25-21)14-8-10-17(11-9-14)20(2,3)4/h5-12H,1,21H2,2-4H3,(H,23,24)/b22-18-. The van der Waals surface area contributed by atoms with Crippen LogP contribution in [0.15, 0.2) is 60.1 Å². The molecule has 0 atom stereocenters. The molecular formula is C20H22N2O3. The van der Waals surface area contributed by atoms with Crippen LogP contribution in [-0.4, -0.2) is 17.0 Å². The summed E-state index contributed by atoms with van der Waals surface area (Å²) in [7, 11) is 0. The molecule has 0 bridgehead atoms. The smallest absolute Gasteiger partial charge is 0.335 e. The molecule has 0 aliphatic rings. The second kappa shape index (κ2) is 7.32. The van der Waals surface area contributed by atoms with Gasteiger partial charge < -0.3 is 9.94 Å². The number of hydrogen-bond donors (Lipinski definition) is 2. The van der Waals surface area contributed by atoms with Crippen LogP contribution in [0, 0.1) is 0 Å². The SMILES string of the molecule is C=C(/N=C(\ON)c1ccc(C(C)(C)C)cc1)c1cccc(C(=O)O)c1. The molecule has 0 spiro atoms. The summed E-state index contributed by atoms with van der Waals surface area (Å²) in [5, 5.41) is 9.08. The van der Waals surface area contributed by atoms with Gasteiger partial charge in [-0.25, -0.2) is 9.79 Å². The fourth-order valence-electron chi connectivity index (χ4n) is 2.29. The molecule has 0 aromatic heterocycles. The van der Waals surface area contributed by atoms with Gasteiger partial charge in [0.15, 0.2) is 0 Å². The van der Waals surface area contributed by atoms with Crippen LogP contribution in [0.2, 0.25) is 0 Å². The lowest BCUT2D eigenvalue weighted by atomic mass is 9.87. The molecule has 0 fully saturated rings. The molecule has 5 nitrogen and oxygen atoms in total. The van der Waals surface area contributed by atoms with Crippen LogP contribution >= 0.6 is 0 Å². The zero-order valence-corrected chi connectivity index (χ0v) is 14.6. The van der Waals surface area contributed by atoms with Crippen molar-refractivity contribution in [3.05, 3.63) is 77.4 Å². The minimum absolute atomic E-state index is 0.0419. The van der Waals surface area contributed by atoms with E-state index in [-0.39, 0.29) is 16.9 Å². The number of hydrogen-bond acceptors (Lipinski definition) is 4. The zero-order chi connectivity index (χ0) is 18.6. The molecule has 0 saturated carbocycles. The molecule has 0 unspecified atom stereocenters. The Morgan fingerprint density at radius 1 is 1.08 bits per heavy atom. The van der Waals surface area contributed by atoms with Crippen LogP contribution in [0.5, 0.6) is 0 Å². The molecule has 0 radical (unpaired) electrons. The lowest BCUT2D eigenvalue weighted by molar-refractivity contribution is 0.0697. The molecule has 0 amide bonds. The molecule has 2 aromatic rings. The maximum Gasteiger partial charge on any atom is 0.335 e. The number of carboxylic acid groups (broad SMARTS) is 1. The third-order valence-electron chi connectivity index (χ3n) is 3.79. The summed E-state index contributed by atoms with van der Waals surface area (Å²) in [6.45, 7) is 10.3. The van der Waals surface area contributed by atoms with Gasteiger partial charge >= 0.3 is 5.97 Å². The number of nitrogens with two attached hydrogens (primary N) is 1. The van der Waals surface area contributed by atoms with Crippen LogP contribution in [0.25, 0.3) is 5.70 Å². The summed E-state index contributed by atoms with van der Waals surface area (Å²) < 4.78 is 0. The van der Waals surface area contributed by atoms with Gasteiger partial charge in [0.05, 0.1) is 11.3 Å². The first kappa shape index (κ1) is 18.4. The van der Waals surface area contributed by atoms with Gasteiger partial charge in [-0.2, -0.15) is 5.90 Å². The maximum atomic E-state index is 11.1. The van der Waals surface area contributed by atoms with Crippen molar-refractivity contribution in [3.63, 3.8) is 0 Å². The van der Waals surface area contributed by atoms with E-state index in [4.69, 9.17) is 15.8 Å². The number of aliphatic imine (C=N–C) groups is 1. The number of carbonyl (C=O) groups is 1. The van der Waals surface area contributed by atoms with E-state index in [9.17, 15) is 4.79 Å². The molecular weight excluding hydrogens is 316 g/mol. The van der Waals surface area contributed by atoms with Crippen molar-refractivity contribution >= 4 is 17.6 Å². The number of benzene rings is 2. The predicted molar refractivity (Wildman–Crippen MR) is 99.4 cm³/mol. The van der Waals surface area contributed by atoms with Crippen LogP contribution in [-0.2, 0) is 10.3 Å². The highest BCUT2D eigenvalue weighted by atomic mass is 16.6. The van der Waals surface area contributed by atoms with Gasteiger partial charge in [-0.3, -0.25) is 0 Å². The van der Waals surface area contributed by atoms with Gasteiger partial charge in [0.25, 0.3) is 0 Å². The third-order valence-corrected chi connectivity index (χ3v) is 3.79. The third kappa shape index (κ3) is 4.55. The van der Waals surface area contributed by atoms with E-state index in [0.717, 1.165) is 0 Å². The number of carboxylic acids is 1. The summed E-state index contributed by atoms with van der Waals surface area (Å²) in [4.78, 5) is 20.3. The summed E-state index contributed by atoms with van der Waals surface area (Å²) in [5.74, 6) is 4.57. The van der Waals surface area contributed by atoms with Crippen LogP contribution in [0.1, 0.15) is 47.8 Å². The van der Waals surface area contributed by atoms with Crippen LogP contribution < -0.4 is 5.90 Å². The Balaban J connectivity index is 2.32. The predicted octanol–water partition coefficient (Wildman–Crippen LogP) is 3.99. The highest BCUT2D eigenvalue weighted by Gasteiger charge is 2.14. The monoisotopic (exact) mass is 338 g/mol. The minimum Gasteiger partial charge on any atom is -0.478 e. The van der Waals surface area contributed by atoms with E-state index < -0.39 is 5.97 Å². The lowest BCUT2D eigenvalue weighted by Gasteiger charge is -2.19. The van der Waals surface area contributed by atoms with Gasteiger partial charge in [-0.15, -0.1) is 0 Å². The van der Waals surface area contributed by atoms with Crippen molar-refractivity contribution in [1.29, 1.82) is 0 Å². The van der Waals surface area contributed by atoms with Crippen molar-refractivity contribution in [1.82, 2.24) is 0 Å². The maximum absolute atomic E-state index is 11.1. The number of nitrogens with zero attached hydrogens (tertiary/aromatic N) is 1. The van der Waals surface area contributed by atoms with E-state index in [2.05, 4.69) is 32.3 Å². The van der Waals surface area contributed by atoms with Crippen LogP contribution in [0.3, 0.4) is 0 Å². The van der Waals surface area contributed by atoms with Crippen LogP contribution in [0.4, 0.5) is 0 Å². The Bertz CT molecular complexity index is 816. The molecule has 130 valence electrons. The van der Waals surface area contributed by atoms with E-state index in [1.54, 1.807) is 12.1 Å². The highest BCUT2D eigenvalue weighted by Crippen LogP contribution is 2.23. The highest BCUT2D eigenvalue weighted by molar-refractivity contribution is 5.97. The van der Waals surface area contributed by atoms with Gasteiger partial charge in [0.2, 0.25) is 5.90 Å². The fourth-order valence-corrected chi connectivity index (χ4v) is 2.29. The molecule has 0 aliphatic carbocycles. The van der Waals surface area contributed by atoms with Crippen molar-refractivity contribution in [3.8, 4) is 0 Å². The molecule has 0 saturated heterocycles. The quantitative estimate of drug-likeness (QED) is 0.501. The zero-order valence-electron chi connectivity index (χ0n) is 14.6. The second-order valence-electron chi connectivity index (χ2n) is 6.69. The van der Waals surface area contributed by atoms with Gasteiger partial charge in [-0.1, -0.05) is 51.6 Å². The Kier molecular flexibility index (Phi) is 5.39. The first-order valence-corrected chi connectivity index (χ1v) is 7.81. The molecule has 0 heterocycles. The summed E-state index contributed by atoms with van der Waals surface area (Å²) >= 11 is 0. The summed E-state index contributed by atoms with van der Waals surface area (Å²) in [5.41, 5.74) is 3.05. The molecule has 2 aromatic carbocycles. The largest absolute Gasteiger partial charge is 0.478 e. The van der Waals surface area contributed by atoms with Gasteiger partial charge in [-0.05, 0) is 35.2 Å². The van der Waals surface area contributed by atoms with Gasteiger partial charge in [0.1, 0.15) is 0 Å². The molecule has 5 heteroatoms. The Hall–Kier alpha value is -2.92. The Morgan fingerprint density at radius 2 is 1.68 bits per heavy atom. The fraction of sp³-hybridized carbons (Fsp3) is 0.200. The van der Waals surface area contributed by atoms with Gasteiger partial charge in [0, 0.05) is 11.1 Å². The molecule has 25 heavy (non-hydrogen) atoms. The van der Waals surface area contributed by atoms with E-state index >= 15 is 0 Å². The Morgan fingerprint density at radius 3 is 2.20 bits per heavy atom. The number of rotatable bonds is 4. The topological polar surface area (TPSA) is 84.9 Å². The van der Waals surface area contributed by atoms with E-state index in [1.807, 2.05) is 24.3 Å². The van der Waals surface area contributed by atoms with E-state index in [0.29, 0.717) is 16.8 Å². The Labute approximate surface area is 147 Å². The normalized spacial score (nSPS) is 11.9. The van der Waals surface area contributed by atoms with Crippen molar-refractivity contribution in [2.24, 2.45) is 10.9 Å². The summed E-state index contributed by atoms with van der Waals surface area (Å²) in [6, 6.07) is 14.1. The first-order chi connectivity index (χ1) is 11.7. The average Bonchev–Trinajstić information content (AvgIpc) is 2.59. The average molecular weight is 338 g/mol. The molecule has 2 rings (SSSR count). The van der Waals surface area contributed by atoms with Crippen molar-refractivity contribution in [2.45, 2.75) is 26.2 Å². The first-order valence-electron chi connectivity index (χ1n) is 7.81. The molecule has 3 N–H and O–H groups in total.